The van der Waals surface area contributed by atoms with Gasteiger partial charge in [-0.2, -0.15) is 5.26 Å². The first-order chi connectivity index (χ1) is 18.9. The molecule has 1 aromatic heterocycles. The van der Waals surface area contributed by atoms with Crippen molar-refractivity contribution in [2.24, 2.45) is 0 Å². The largest absolute Gasteiger partial charge is 0.368 e. The van der Waals surface area contributed by atoms with E-state index in [1.54, 1.807) is 16.4 Å². The molecule has 2 fully saturated rings. The molecule has 2 aliphatic heterocycles. The molecule has 3 heterocycles. The predicted molar refractivity (Wildman–Crippen MR) is 162 cm³/mol. The van der Waals surface area contributed by atoms with Crippen molar-refractivity contribution < 1.29 is 4.79 Å². The number of aromatic nitrogens is 1. The molecule has 2 saturated heterocycles. The zero-order chi connectivity index (χ0) is 27.5. The number of benzene rings is 2. The average Bonchev–Trinajstić information content (AvgIpc) is 3.23. The van der Waals surface area contributed by atoms with E-state index in [4.69, 9.17) is 12.2 Å². The number of amides is 1. The quantitative estimate of drug-likeness (QED) is 0.320. The Morgan fingerprint density at radius 2 is 1.59 bits per heavy atom. The Bertz CT molecular complexity index is 1540. The van der Waals surface area contributed by atoms with E-state index in [-0.39, 0.29) is 17.0 Å². The second kappa shape index (κ2) is 11.5. The number of thioether (sulfide) groups is 1. The molecule has 0 radical (unpaired) electrons. The van der Waals surface area contributed by atoms with E-state index in [9.17, 15) is 14.9 Å². The molecule has 0 saturated carbocycles. The summed E-state index contributed by atoms with van der Waals surface area (Å²) in [5.74, 6) is 0.584. The number of hydrogen-bond donors (Lipinski definition) is 0. The van der Waals surface area contributed by atoms with Crippen molar-refractivity contribution in [2.45, 2.75) is 26.9 Å². The van der Waals surface area contributed by atoms with Gasteiger partial charge in [-0.25, -0.2) is 0 Å². The first-order valence-electron chi connectivity index (χ1n) is 12.9. The maximum absolute atomic E-state index is 13.5. The van der Waals surface area contributed by atoms with Crippen molar-refractivity contribution >= 4 is 51.8 Å². The molecule has 0 bridgehead atoms. The number of nitriles is 1. The highest BCUT2D eigenvalue weighted by Crippen LogP contribution is 2.37. The van der Waals surface area contributed by atoms with Crippen molar-refractivity contribution in [1.29, 1.82) is 5.26 Å². The standard InChI is InChI=1S/C30H29N5O2S2/c1-3-34-27(33-16-14-32(15-17-33)23-12-8-5-9-13-23)24(21(2)25(19-31)28(34)36)18-26-29(37)35(30(38)39-26)20-22-10-6-4-7-11-22/h4-13,18H,3,14-17,20H2,1-2H3/b26-18-. The summed E-state index contributed by atoms with van der Waals surface area (Å²) in [6.07, 6.45) is 1.82. The molecule has 0 atom stereocenters. The first-order valence-corrected chi connectivity index (χ1v) is 14.2. The number of carbonyl (C=O) groups excluding carboxylic acids is 1. The number of piperazine rings is 1. The van der Waals surface area contributed by atoms with Crippen molar-refractivity contribution in [3.63, 3.8) is 0 Å². The molecular formula is C30H29N5O2S2. The van der Waals surface area contributed by atoms with E-state index in [2.05, 4.69) is 28.0 Å². The van der Waals surface area contributed by atoms with E-state index in [1.807, 2.05) is 61.5 Å². The summed E-state index contributed by atoms with van der Waals surface area (Å²) in [5.41, 5.74) is 3.28. The van der Waals surface area contributed by atoms with Gasteiger partial charge in [0.05, 0.1) is 11.4 Å². The fourth-order valence-electron chi connectivity index (χ4n) is 5.13. The van der Waals surface area contributed by atoms with Crippen LogP contribution in [0.4, 0.5) is 11.5 Å². The van der Waals surface area contributed by atoms with Crippen LogP contribution in [0.3, 0.4) is 0 Å². The van der Waals surface area contributed by atoms with Crippen LogP contribution in [-0.2, 0) is 17.9 Å². The fraction of sp³-hybridized carbons (Fsp3) is 0.267. The van der Waals surface area contributed by atoms with Crippen LogP contribution in [0.1, 0.15) is 29.2 Å². The molecule has 1 amide bonds. The summed E-state index contributed by atoms with van der Waals surface area (Å²) < 4.78 is 2.16. The molecule has 2 aliphatic rings. The summed E-state index contributed by atoms with van der Waals surface area (Å²) in [4.78, 5) is 33.5. The van der Waals surface area contributed by atoms with Gasteiger partial charge in [0.15, 0.2) is 0 Å². The van der Waals surface area contributed by atoms with Crippen LogP contribution in [0.2, 0.25) is 0 Å². The Morgan fingerprint density at radius 1 is 0.974 bits per heavy atom. The highest BCUT2D eigenvalue weighted by Gasteiger charge is 2.33. The van der Waals surface area contributed by atoms with Crippen LogP contribution in [0.5, 0.6) is 0 Å². The molecule has 9 heteroatoms. The number of anilines is 2. The zero-order valence-electron chi connectivity index (χ0n) is 22.0. The van der Waals surface area contributed by atoms with Crippen molar-refractivity contribution in [1.82, 2.24) is 9.47 Å². The number of para-hydroxylation sites is 1. The van der Waals surface area contributed by atoms with Crippen LogP contribution >= 0.6 is 24.0 Å². The SMILES string of the molecule is CCn1c(N2CCN(c3ccccc3)CC2)c(/C=C2\SC(=S)N(Cc3ccccc3)C2=O)c(C)c(C#N)c1=O. The summed E-state index contributed by atoms with van der Waals surface area (Å²) >= 11 is 6.84. The molecular weight excluding hydrogens is 526 g/mol. The minimum atomic E-state index is -0.299. The van der Waals surface area contributed by atoms with Crippen LogP contribution < -0.4 is 15.4 Å². The molecule has 0 spiro atoms. The molecule has 2 aromatic carbocycles. The van der Waals surface area contributed by atoms with Gasteiger partial charge in [-0.15, -0.1) is 0 Å². The van der Waals surface area contributed by atoms with E-state index in [1.165, 1.54) is 17.4 Å². The van der Waals surface area contributed by atoms with Gasteiger partial charge >= 0.3 is 0 Å². The highest BCUT2D eigenvalue weighted by atomic mass is 32.2. The Balaban J connectivity index is 1.53. The lowest BCUT2D eigenvalue weighted by Gasteiger charge is -2.39. The van der Waals surface area contributed by atoms with E-state index in [0.29, 0.717) is 41.0 Å². The van der Waals surface area contributed by atoms with E-state index < -0.39 is 0 Å². The maximum Gasteiger partial charge on any atom is 0.270 e. The normalized spacial score (nSPS) is 16.7. The van der Waals surface area contributed by atoms with Gasteiger partial charge in [0.25, 0.3) is 11.5 Å². The van der Waals surface area contributed by atoms with Gasteiger partial charge in [-0.05, 0) is 43.2 Å². The molecule has 0 N–H and O–H groups in total. The minimum absolute atomic E-state index is 0.106. The summed E-state index contributed by atoms with van der Waals surface area (Å²) in [7, 11) is 0. The molecule has 198 valence electrons. The van der Waals surface area contributed by atoms with Crippen LogP contribution in [0.15, 0.2) is 70.4 Å². The monoisotopic (exact) mass is 555 g/mol. The van der Waals surface area contributed by atoms with Crippen molar-refractivity contribution in [2.75, 3.05) is 36.0 Å². The predicted octanol–water partition coefficient (Wildman–Crippen LogP) is 4.78. The third-order valence-electron chi connectivity index (χ3n) is 7.20. The molecule has 5 rings (SSSR count). The van der Waals surface area contributed by atoms with Crippen molar-refractivity contribution in [3.05, 3.63) is 98.2 Å². The van der Waals surface area contributed by atoms with E-state index >= 15 is 0 Å². The highest BCUT2D eigenvalue weighted by molar-refractivity contribution is 8.26. The fourth-order valence-corrected chi connectivity index (χ4v) is 6.36. The van der Waals surface area contributed by atoms with Crippen LogP contribution in [-0.4, -0.2) is 45.9 Å². The third kappa shape index (κ3) is 5.22. The van der Waals surface area contributed by atoms with E-state index in [0.717, 1.165) is 30.0 Å². The minimum Gasteiger partial charge on any atom is -0.368 e. The topological polar surface area (TPSA) is 72.6 Å². The van der Waals surface area contributed by atoms with Gasteiger partial charge in [-0.1, -0.05) is 72.5 Å². The number of nitrogens with zero attached hydrogens (tertiary/aromatic N) is 5. The number of thiocarbonyl (C=S) groups is 1. The lowest BCUT2D eigenvalue weighted by Crippen LogP contribution is -2.48. The number of carbonyl (C=O) groups is 1. The second-order valence-corrected chi connectivity index (χ2v) is 11.1. The number of hydrogen-bond acceptors (Lipinski definition) is 7. The Labute approximate surface area is 237 Å². The first kappa shape index (κ1) is 26.7. The summed E-state index contributed by atoms with van der Waals surface area (Å²) in [6.45, 7) is 7.50. The van der Waals surface area contributed by atoms with Crippen molar-refractivity contribution in [3.8, 4) is 6.07 Å². The number of rotatable bonds is 6. The lowest BCUT2D eigenvalue weighted by atomic mass is 10.0. The molecule has 39 heavy (non-hydrogen) atoms. The van der Waals surface area contributed by atoms with Crippen LogP contribution in [0, 0.1) is 18.3 Å². The van der Waals surface area contributed by atoms with Gasteiger partial charge in [-0.3, -0.25) is 19.1 Å². The van der Waals surface area contributed by atoms with Gasteiger partial charge in [0.2, 0.25) is 0 Å². The Kier molecular flexibility index (Phi) is 7.87. The summed E-state index contributed by atoms with van der Waals surface area (Å²) in [5, 5.41) is 9.86. The van der Waals surface area contributed by atoms with Gasteiger partial charge in [0.1, 0.15) is 21.8 Å². The van der Waals surface area contributed by atoms with Crippen LogP contribution in [0.25, 0.3) is 6.08 Å². The van der Waals surface area contributed by atoms with Gasteiger partial charge < -0.3 is 9.80 Å². The molecule has 0 unspecified atom stereocenters. The zero-order valence-corrected chi connectivity index (χ0v) is 23.6. The number of pyridine rings is 1. The van der Waals surface area contributed by atoms with Gasteiger partial charge in [0, 0.05) is 44.0 Å². The Hall–Kier alpha value is -3.87. The average molecular weight is 556 g/mol. The summed E-state index contributed by atoms with van der Waals surface area (Å²) in [6, 6.07) is 22.1. The maximum atomic E-state index is 13.5. The smallest absolute Gasteiger partial charge is 0.270 e. The molecule has 7 nitrogen and oxygen atoms in total. The third-order valence-corrected chi connectivity index (χ3v) is 8.57. The molecule has 3 aromatic rings. The second-order valence-electron chi connectivity index (χ2n) is 9.46. The molecule has 0 aliphatic carbocycles. The lowest BCUT2D eigenvalue weighted by molar-refractivity contribution is -0.122. The Morgan fingerprint density at radius 3 is 2.21 bits per heavy atom.